The van der Waals surface area contributed by atoms with Gasteiger partial charge >= 0.3 is 0 Å². The molecule has 0 spiro atoms. The summed E-state index contributed by atoms with van der Waals surface area (Å²) in [6, 6.07) is 0.905. The van der Waals surface area contributed by atoms with Gasteiger partial charge in [0.05, 0.1) is 0 Å². The molecule has 2 aliphatic heterocycles. The van der Waals surface area contributed by atoms with E-state index in [0.717, 1.165) is 6.04 Å². The molecule has 1 N–H and O–H groups in total. The van der Waals surface area contributed by atoms with Crippen LogP contribution in [0.3, 0.4) is 0 Å². The Balaban J connectivity index is 0.000000720. The Morgan fingerprint density at radius 3 is 2.38 bits per heavy atom. The largest absolute Gasteiger partial charge is 0.314 e. The molecule has 80 valence electrons. The Morgan fingerprint density at radius 1 is 1.15 bits per heavy atom. The number of hydrogen-bond acceptors (Lipinski definition) is 3. The lowest BCUT2D eigenvalue weighted by Crippen LogP contribution is -2.48. The average molecular weight is 245 g/mol. The standard InChI is InChI=1S/C8H16N2S.2ClH/c1-6-11-7-8(1)10-4-2-9-3-5-10;;/h8-9H,1-7H2;2*1H. The minimum atomic E-state index is 0. The number of hydrogen-bond donors (Lipinski definition) is 1. The molecule has 2 saturated heterocycles. The van der Waals surface area contributed by atoms with Crippen molar-refractivity contribution in [3.63, 3.8) is 0 Å². The molecule has 0 bridgehead atoms. The number of nitrogens with zero attached hydrogens (tertiary/aromatic N) is 1. The van der Waals surface area contributed by atoms with Crippen LogP contribution in [0.25, 0.3) is 0 Å². The van der Waals surface area contributed by atoms with Crippen LogP contribution < -0.4 is 5.32 Å². The fourth-order valence-electron chi connectivity index (χ4n) is 1.86. The van der Waals surface area contributed by atoms with Gasteiger partial charge in [0, 0.05) is 38.0 Å². The van der Waals surface area contributed by atoms with Gasteiger partial charge in [0.1, 0.15) is 0 Å². The van der Waals surface area contributed by atoms with Crippen LogP contribution in [0.4, 0.5) is 0 Å². The summed E-state index contributed by atoms with van der Waals surface area (Å²) < 4.78 is 0. The average Bonchev–Trinajstić information content (AvgIpc) is 2.58. The molecule has 0 aromatic carbocycles. The smallest absolute Gasteiger partial charge is 0.0195 e. The molecule has 2 heterocycles. The Hall–Kier alpha value is 0.850. The van der Waals surface area contributed by atoms with E-state index < -0.39 is 0 Å². The summed E-state index contributed by atoms with van der Waals surface area (Å²) in [5, 5.41) is 3.39. The summed E-state index contributed by atoms with van der Waals surface area (Å²) in [7, 11) is 0. The van der Waals surface area contributed by atoms with Crippen molar-refractivity contribution in [1.29, 1.82) is 0 Å². The van der Waals surface area contributed by atoms with E-state index in [4.69, 9.17) is 0 Å². The van der Waals surface area contributed by atoms with Gasteiger partial charge in [-0.3, -0.25) is 4.90 Å². The zero-order valence-corrected chi connectivity index (χ0v) is 10.1. The maximum Gasteiger partial charge on any atom is 0.0195 e. The SMILES string of the molecule is C1CN(C2CCSC2)CCN1.Cl.Cl. The molecule has 2 rings (SSSR count). The van der Waals surface area contributed by atoms with E-state index in [1.165, 1.54) is 44.1 Å². The predicted molar refractivity (Wildman–Crippen MR) is 64.7 cm³/mol. The van der Waals surface area contributed by atoms with Crippen LogP contribution in [0.5, 0.6) is 0 Å². The van der Waals surface area contributed by atoms with Gasteiger partial charge < -0.3 is 5.32 Å². The van der Waals surface area contributed by atoms with Crippen LogP contribution in [-0.4, -0.2) is 48.6 Å². The third kappa shape index (κ3) is 3.84. The first kappa shape index (κ1) is 13.8. The van der Waals surface area contributed by atoms with Gasteiger partial charge in [-0.05, 0) is 12.2 Å². The van der Waals surface area contributed by atoms with E-state index in [1.54, 1.807) is 0 Å². The minimum Gasteiger partial charge on any atom is -0.314 e. The maximum atomic E-state index is 3.39. The number of piperazine rings is 1. The molecule has 5 heteroatoms. The first-order valence-corrected chi connectivity index (χ1v) is 5.65. The van der Waals surface area contributed by atoms with Gasteiger partial charge in [-0.1, -0.05) is 0 Å². The van der Waals surface area contributed by atoms with Crippen molar-refractivity contribution in [2.45, 2.75) is 12.5 Å². The van der Waals surface area contributed by atoms with E-state index in [9.17, 15) is 0 Å². The van der Waals surface area contributed by atoms with E-state index in [1.807, 2.05) is 0 Å². The Kier molecular flexibility index (Phi) is 7.65. The lowest BCUT2D eigenvalue weighted by atomic mass is 10.2. The monoisotopic (exact) mass is 244 g/mol. The highest BCUT2D eigenvalue weighted by atomic mass is 35.5. The molecule has 2 fully saturated rings. The highest BCUT2D eigenvalue weighted by Gasteiger charge is 2.23. The molecular weight excluding hydrogens is 227 g/mol. The van der Waals surface area contributed by atoms with Crippen LogP contribution in [-0.2, 0) is 0 Å². The van der Waals surface area contributed by atoms with E-state index >= 15 is 0 Å². The van der Waals surface area contributed by atoms with Crippen molar-refractivity contribution < 1.29 is 0 Å². The Morgan fingerprint density at radius 2 is 1.85 bits per heavy atom. The third-order valence-electron chi connectivity index (χ3n) is 2.57. The Labute approximate surface area is 97.0 Å². The number of nitrogens with one attached hydrogen (secondary N) is 1. The van der Waals surface area contributed by atoms with Gasteiger partial charge in [-0.15, -0.1) is 24.8 Å². The van der Waals surface area contributed by atoms with Crippen molar-refractivity contribution in [1.82, 2.24) is 10.2 Å². The van der Waals surface area contributed by atoms with Crippen molar-refractivity contribution in [2.75, 3.05) is 37.7 Å². The molecule has 0 aromatic rings. The number of rotatable bonds is 1. The normalized spacial score (nSPS) is 29.1. The van der Waals surface area contributed by atoms with Gasteiger partial charge in [0.2, 0.25) is 0 Å². The molecule has 0 aromatic heterocycles. The Bertz CT molecular complexity index is 125. The molecule has 0 aliphatic carbocycles. The van der Waals surface area contributed by atoms with Crippen molar-refractivity contribution in [2.24, 2.45) is 0 Å². The highest BCUT2D eigenvalue weighted by Crippen LogP contribution is 2.22. The second-order valence-electron chi connectivity index (χ2n) is 3.30. The molecule has 0 radical (unpaired) electrons. The van der Waals surface area contributed by atoms with Crippen LogP contribution in [0, 0.1) is 0 Å². The lowest BCUT2D eigenvalue weighted by Gasteiger charge is -2.32. The van der Waals surface area contributed by atoms with Gasteiger partial charge in [0.25, 0.3) is 0 Å². The molecule has 0 saturated carbocycles. The molecule has 2 aliphatic rings. The first-order valence-electron chi connectivity index (χ1n) is 4.49. The van der Waals surface area contributed by atoms with Gasteiger partial charge in [0.15, 0.2) is 0 Å². The molecule has 0 amide bonds. The highest BCUT2D eigenvalue weighted by molar-refractivity contribution is 7.99. The summed E-state index contributed by atoms with van der Waals surface area (Å²) in [4.78, 5) is 2.65. The zero-order chi connectivity index (χ0) is 7.52. The van der Waals surface area contributed by atoms with Crippen molar-refractivity contribution in [3.05, 3.63) is 0 Å². The fraction of sp³-hybridized carbons (Fsp3) is 1.00. The molecule has 2 nitrogen and oxygen atoms in total. The lowest BCUT2D eigenvalue weighted by molar-refractivity contribution is 0.188. The fourth-order valence-corrected chi connectivity index (χ4v) is 3.11. The third-order valence-corrected chi connectivity index (χ3v) is 3.72. The summed E-state index contributed by atoms with van der Waals surface area (Å²) in [6.45, 7) is 4.93. The molecular formula is C8H18Cl2N2S. The zero-order valence-electron chi connectivity index (χ0n) is 7.70. The summed E-state index contributed by atoms with van der Waals surface area (Å²) >= 11 is 2.11. The second-order valence-corrected chi connectivity index (χ2v) is 4.45. The number of thioether (sulfide) groups is 1. The van der Waals surface area contributed by atoms with Gasteiger partial charge in [-0.2, -0.15) is 11.8 Å². The molecule has 13 heavy (non-hydrogen) atoms. The maximum absolute atomic E-state index is 3.39. The van der Waals surface area contributed by atoms with Gasteiger partial charge in [-0.25, -0.2) is 0 Å². The van der Waals surface area contributed by atoms with Crippen LogP contribution >= 0.6 is 36.6 Å². The van der Waals surface area contributed by atoms with Crippen LogP contribution in [0.1, 0.15) is 6.42 Å². The summed E-state index contributed by atoms with van der Waals surface area (Å²) in [6.07, 6.45) is 1.42. The van der Waals surface area contributed by atoms with Crippen LogP contribution in [0.15, 0.2) is 0 Å². The van der Waals surface area contributed by atoms with E-state index in [0.29, 0.717) is 0 Å². The van der Waals surface area contributed by atoms with E-state index in [2.05, 4.69) is 22.0 Å². The quantitative estimate of drug-likeness (QED) is 0.748. The van der Waals surface area contributed by atoms with Crippen molar-refractivity contribution >= 4 is 36.6 Å². The topological polar surface area (TPSA) is 15.3 Å². The van der Waals surface area contributed by atoms with E-state index in [-0.39, 0.29) is 24.8 Å². The summed E-state index contributed by atoms with van der Waals surface area (Å²) in [5.74, 6) is 2.76. The second kappa shape index (κ2) is 7.18. The molecule has 1 atom stereocenters. The van der Waals surface area contributed by atoms with Crippen molar-refractivity contribution in [3.8, 4) is 0 Å². The first-order chi connectivity index (χ1) is 5.47. The summed E-state index contributed by atoms with van der Waals surface area (Å²) in [5.41, 5.74) is 0. The van der Waals surface area contributed by atoms with Crippen LogP contribution in [0.2, 0.25) is 0 Å². The predicted octanol–water partition coefficient (Wildman–Crippen LogP) is 1.24. The molecule has 1 unspecified atom stereocenters. The minimum absolute atomic E-state index is 0. The number of halogens is 2.